The summed E-state index contributed by atoms with van der Waals surface area (Å²) < 4.78 is 18.6. The first kappa shape index (κ1) is 27.9. The van der Waals surface area contributed by atoms with Crippen molar-refractivity contribution in [2.24, 2.45) is 5.73 Å². The van der Waals surface area contributed by atoms with Crippen LogP contribution in [0.1, 0.15) is 32.1 Å². The van der Waals surface area contributed by atoms with Crippen LogP contribution in [0.25, 0.3) is 10.9 Å². The van der Waals surface area contributed by atoms with Crippen LogP contribution in [0.3, 0.4) is 0 Å². The molecule has 1 atom stereocenters. The number of carbonyl (C=O) groups excluding carboxylic acids is 2. The molecule has 11 heteroatoms. The number of benzene rings is 2. The zero-order valence-corrected chi connectivity index (χ0v) is 22.9. The van der Waals surface area contributed by atoms with Crippen LogP contribution >= 0.6 is 0 Å². The highest BCUT2D eigenvalue weighted by atomic mass is 16.5. The SMILES string of the molecule is COc1cc2c(Nc3cnn(CC(=O)Nc4ccccc4)c3)ccnc2cc1OCCC(N)C(=O)OC1CCCC1. The number of nitrogens with one attached hydrogen (secondary N) is 2. The van der Waals surface area contributed by atoms with Crippen molar-refractivity contribution in [3.05, 3.63) is 67.1 Å². The molecule has 5 rings (SSSR count). The van der Waals surface area contributed by atoms with Gasteiger partial charge in [-0.1, -0.05) is 18.2 Å². The Morgan fingerprint density at radius 3 is 2.68 bits per heavy atom. The second-order valence-corrected chi connectivity index (χ2v) is 9.93. The number of hydrogen-bond acceptors (Lipinski definition) is 9. The normalized spacial score (nSPS) is 14.0. The molecule has 41 heavy (non-hydrogen) atoms. The zero-order valence-electron chi connectivity index (χ0n) is 22.9. The lowest BCUT2D eigenvalue weighted by atomic mass is 10.1. The predicted molar refractivity (Wildman–Crippen MR) is 155 cm³/mol. The summed E-state index contributed by atoms with van der Waals surface area (Å²) in [6.07, 6.45) is 9.37. The standard InChI is InChI=1S/C30H34N6O5/c1-39-27-15-23-25(34-21-17-33-36(18-21)19-29(37)35-20-7-3-2-4-8-20)11-13-32-26(23)16-28(27)40-14-12-24(31)30(38)41-22-9-5-6-10-22/h2-4,7-8,11,13,15-18,22,24H,5-6,9-10,12,14,19,31H2,1H3,(H,32,34)(H,35,37). The Morgan fingerprint density at radius 1 is 1.10 bits per heavy atom. The molecule has 0 aliphatic heterocycles. The molecule has 0 bridgehead atoms. The first-order valence-electron chi connectivity index (χ1n) is 13.7. The summed E-state index contributed by atoms with van der Waals surface area (Å²) in [6.45, 7) is 0.294. The van der Waals surface area contributed by atoms with Crippen LogP contribution in [0.15, 0.2) is 67.1 Å². The molecule has 2 aromatic heterocycles. The lowest BCUT2D eigenvalue weighted by Crippen LogP contribution is -2.35. The number of methoxy groups -OCH3 is 1. The Hall–Kier alpha value is -4.64. The fourth-order valence-corrected chi connectivity index (χ4v) is 4.75. The fourth-order valence-electron chi connectivity index (χ4n) is 4.75. The molecule has 4 aromatic rings. The van der Waals surface area contributed by atoms with Gasteiger partial charge < -0.3 is 30.6 Å². The zero-order chi connectivity index (χ0) is 28.6. The number of ether oxygens (including phenoxy) is 3. The average molecular weight is 559 g/mol. The van der Waals surface area contributed by atoms with E-state index in [9.17, 15) is 9.59 Å². The number of rotatable bonds is 12. The van der Waals surface area contributed by atoms with Gasteiger partial charge in [-0.2, -0.15) is 5.10 Å². The number of para-hydroxylation sites is 1. The van der Waals surface area contributed by atoms with Gasteiger partial charge in [0.2, 0.25) is 5.91 Å². The summed E-state index contributed by atoms with van der Waals surface area (Å²) in [5.74, 6) is 0.454. The number of hydrogen-bond donors (Lipinski definition) is 3. The Bertz CT molecular complexity index is 1490. The van der Waals surface area contributed by atoms with Gasteiger partial charge >= 0.3 is 5.97 Å². The van der Waals surface area contributed by atoms with E-state index in [2.05, 4.69) is 20.7 Å². The minimum absolute atomic E-state index is 0.0163. The second kappa shape index (κ2) is 13.1. The second-order valence-electron chi connectivity index (χ2n) is 9.93. The molecule has 1 aliphatic rings. The number of amides is 1. The third-order valence-corrected chi connectivity index (χ3v) is 6.88. The number of carbonyl (C=O) groups is 2. The van der Waals surface area contributed by atoms with Crippen molar-refractivity contribution in [1.82, 2.24) is 14.8 Å². The van der Waals surface area contributed by atoms with Crippen molar-refractivity contribution in [1.29, 1.82) is 0 Å². The maximum Gasteiger partial charge on any atom is 0.323 e. The van der Waals surface area contributed by atoms with Gasteiger partial charge in [0, 0.05) is 41.6 Å². The van der Waals surface area contributed by atoms with Crippen molar-refractivity contribution in [3.63, 3.8) is 0 Å². The van der Waals surface area contributed by atoms with Crippen LogP contribution in [0, 0.1) is 0 Å². The van der Waals surface area contributed by atoms with Crippen molar-refractivity contribution >= 4 is 39.8 Å². The third kappa shape index (κ3) is 7.31. The van der Waals surface area contributed by atoms with E-state index in [0.29, 0.717) is 29.1 Å². The monoisotopic (exact) mass is 558 g/mol. The van der Waals surface area contributed by atoms with E-state index in [4.69, 9.17) is 19.9 Å². The van der Waals surface area contributed by atoms with Gasteiger partial charge in [0.15, 0.2) is 11.5 Å². The molecule has 1 aliphatic carbocycles. The number of nitrogens with zero attached hydrogens (tertiary/aromatic N) is 3. The third-order valence-electron chi connectivity index (χ3n) is 6.88. The molecule has 1 fully saturated rings. The van der Waals surface area contributed by atoms with E-state index in [1.807, 2.05) is 42.5 Å². The summed E-state index contributed by atoms with van der Waals surface area (Å²) in [5, 5.41) is 11.3. The highest BCUT2D eigenvalue weighted by molar-refractivity contribution is 5.95. The Morgan fingerprint density at radius 2 is 1.90 bits per heavy atom. The number of anilines is 3. The molecule has 1 unspecified atom stereocenters. The summed E-state index contributed by atoms with van der Waals surface area (Å²) in [5.41, 5.74) is 8.95. The minimum Gasteiger partial charge on any atom is -0.493 e. The summed E-state index contributed by atoms with van der Waals surface area (Å²) in [7, 11) is 1.56. The highest BCUT2D eigenvalue weighted by Gasteiger charge is 2.23. The van der Waals surface area contributed by atoms with E-state index in [0.717, 1.165) is 42.4 Å². The van der Waals surface area contributed by atoms with E-state index in [1.54, 1.807) is 36.4 Å². The van der Waals surface area contributed by atoms with Crippen molar-refractivity contribution < 1.29 is 23.8 Å². The first-order valence-corrected chi connectivity index (χ1v) is 13.7. The number of fused-ring (bicyclic) bond motifs is 1. The van der Waals surface area contributed by atoms with Crippen LogP contribution < -0.4 is 25.8 Å². The fraction of sp³-hybridized carbons (Fsp3) is 0.333. The van der Waals surface area contributed by atoms with E-state index in [-0.39, 0.29) is 31.1 Å². The minimum atomic E-state index is -0.749. The molecule has 2 heterocycles. The summed E-state index contributed by atoms with van der Waals surface area (Å²) in [4.78, 5) is 29.2. The molecule has 0 saturated heterocycles. The van der Waals surface area contributed by atoms with Gasteiger partial charge in [-0.25, -0.2) is 0 Å². The molecule has 4 N–H and O–H groups in total. The van der Waals surface area contributed by atoms with E-state index in [1.165, 1.54) is 0 Å². The number of pyridine rings is 1. The Labute approximate surface area is 238 Å². The van der Waals surface area contributed by atoms with Crippen LogP contribution in [0.5, 0.6) is 11.5 Å². The largest absolute Gasteiger partial charge is 0.493 e. The summed E-state index contributed by atoms with van der Waals surface area (Å²) >= 11 is 0. The van der Waals surface area contributed by atoms with E-state index < -0.39 is 6.04 Å². The van der Waals surface area contributed by atoms with Gasteiger partial charge in [0.25, 0.3) is 0 Å². The summed E-state index contributed by atoms with van der Waals surface area (Å²) in [6, 6.07) is 14.0. The van der Waals surface area contributed by atoms with Crippen LogP contribution in [-0.4, -0.2) is 52.5 Å². The topological polar surface area (TPSA) is 143 Å². The predicted octanol–water partition coefficient (Wildman–Crippen LogP) is 4.40. The number of esters is 1. The molecular weight excluding hydrogens is 524 g/mol. The molecular formula is C30H34N6O5. The number of nitrogens with two attached hydrogens (primary N) is 1. The molecule has 1 saturated carbocycles. The first-order chi connectivity index (χ1) is 20.0. The van der Waals surface area contributed by atoms with Gasteiger partial charge in [0.1, 0.15) is 18.7 Å². The molecule has 0 spiro atoms. The molecule has 1 amide bonds. The molecule has 2 aromatic carbocycles. The van der Waals surface area contributed by atoms with Crippen LogP contribution in [-0.2, 0) is 20.9 Å². The molecule has 214 valence electrons. The van der Waals surface area contributed by atoms with Gasteiger partial charge in [-0.3, -0.25) is 19.3 Å². The highest BCUT2D eigenvalue weighted by Crippen LogP contribution is 2.35. The van der Waals surface area contributed by atoms with Crippen LogP contribution in [0.4, 0.5) is 17.1 Å². The Kier molecular flexibility index (Phi) is 8.95. The molecule has 0 radical (unpaired) electrons. The Balaban J connectivity index is 1.21. The lowest BCUT2D eigenvalue weighted by molar-refractivity contribution is -0.150. The van der Waals surface area contributed by atoms with Gasteiger partial charge in [-0.15, -0.1) is 0 Å². The van der Waals surface area contributed by atoms with E-state index >= 15 is 0 Å². The van der Waals surface area contributed by atoms with Crippen LogP contribution in [0.2, 0.25) is 0 Å². The maximum absolute atomic E-state index is 12.4. The number of aromatic nitrogens is 3. The van der Waals surface area contributed by atoms with Gasteiger partial charge in [-0.05, 0) is 49.9 Å². The molecule has 11 nitrogen and oxygen atoms in total. The van der Waals surface area contributed by atoms with Crippen molar-refractivity contribution in [2.45, 2.75) is 50.8 Å². The lowest BCUT2D eigenvalue weighted by Gasteiger charge is -2.17. The van der Waals surface area contributed by atoms with Crippen molar-refractivity contribution in [3.8, 4) is 11.5 Å². The van der Waals surface area contributed by atoms with Gasteiger partial charge in [0.05, 0.1) is 31.1 Å². The maximum atomic E-state index is 12.4. The quantitative estimate of drug-likeness (QED) is 0.216. The smallest absolute Gasteiger partial charge is 0.323 e. The van der Waals surface area contributed by atoms with Crippen molar-refractivity contribution in [2.75, 3.05) is 24.4 Å². The average Bonchev–Trinajstić information content (AvgIpc) is 3.65.